The third-order valence-corrected chi connectivity index (χ3v) is 2.90. The summed E-state index contributed by atoms with van der Waals surface area (Å²) in [5.41, 5.74) is 3.46. The van der Waals surface area contributed by atoms with E-state index in [4.69, 9.17) is 5.26 Å². The largest absolute Gasteiger partial charge is 0.321 e. The fourth-order valence-corrected chi connectivity index (χ4v) is 1.79. The Bertz CT molecular complexity index is 647. The summed E-state index contributed by atoms with van der Waals surface area (Å²) in [6.45, 7) is 3.99. The lowest BCUT2D eigenvalue weighted by Crippen LogP contribution is -2.12. The van der Waals surface area contributed by atoms with Crippen molar-refractivity contribution in [2.24, 2.45) is 0 Å². The Kier molecular flexibility index (Phi) is 2.49. The highest BCUT2D eigenvalue weighted by atomic mass is 16.1. The Hall–Kier alpha value is -2.08. The first-order valence-electron chi connectivity index (χ1n) is 5.12. The van der Waals surface area contributed by atoms with Gasteiger partial charge in [0.05, 0.1) is 18.0 Å². The van der Waals surface area contributed by atoms with Gasteiger partial charge in [-0.2, -0.15) is 5.26 Å². The summed E-state index contributed by atoms with van der Waals surface area (Å²) in [5, 5.41) is 9.59. The number of aryl methyl sites for hydroxylation is 2. The number of pyridine rings is 1. The lowest BCUT2D eigenvalue weighted by atomic mass is 10.0. The molecule has 0 radical (unpaired) electrons. The minimum Gasteiger partial charge on any atom is -0.321 e. The topological polar surface area (TPSA) is 56.6 Å². The van der Waals surface area contributed by atoms with Gasteiger partial charge in [0.25, 0.3) is 5.56 Å². The standard InChI is InChI=1S/C13H12N2O/c1-8-3-4-10-7-11(5-6-14)13(16)15-12(10)9(8)2/h3-4,7H,5H2,1-2H3,(H,15,16). The minimum atomic E-state index is -0.164. The van der Waals surface area contributed by atoms with Crippen molar-refractivity contribution in [2.75, 3.05) is 0 Å². The van der Waals surface area contributed by atoms with Crippen molar-refractivity contribution >= 4 is 10.9 Å². The number of aromatic nitrogens is 1. The zero-order valence-corrected chi connectivity index (χ0v) is 9.29. The molecule has 80 valence electrons. The highest BCUT2D eigenvalue weighted by Crippen LogP contribution is 2.18. The van der Waals surface area contributed by atoms with Crippen LogP contribution in [-0.2, 0) is 6.42 Å². The molecular formula is C13H12N2O. The second kappa shape index (κ2) is 3.82. The van der Waals surface area contributed by atoms with Gasteiger partial charge in [0.1, 0.15) is 0 Å². The number of H-pyrrole nitrogens is 1. The molecule has 0 aliphatic carbocycles. The number of aromatic amines is 1. The smallest absolute Gasteiger partial charge is 0.252 e. The van der Waals surface area contributed by atoms with Crippen LogP contribution >= 0.6 is 0 Å². The van der Waals surface area contributed by atoms with Gasteiger partial charge in [-0.25, -0.2) is 0 Å². The van der Waals surface area contributed by atoms with E-state index in [2.05, 4.69) is 4.98 Å². The molecule has 0 amide bonds. The number of hydrogen-bond donors (Lipinski definition) is 1. The first kappa shape index (κ1) is 10.4. The monoisotopic (exact) mass is 212 g/mol. The first-order chi connectivity index (χ1) is 7.63. The maximum Gasteiger partial charge on any atom is 0.252 e. The maximum absolute atomic E-state index is 11.7. The van der Waals surface area contributed by atoms with E-state index in [1.54, 1.807) is 6.07 Å². The fraction of sp³-hybridized carbons (Fsp3) is 0.231. The molecule has 0 bridgehead atoms. The van der Waals surface area contributed by atoms with Crippen LogP contribution in [0.3, 0.4) is 0 Å². The zero-order valence-electron chi connectivity index (χ0n) is 9.29. The van der Waals surface area contributed by atoms with Crippen LogP contribution < -0.4 is 5.56 Å². The van der Waals surface area contributed by atoms with Crippen molar-refractivity contribution in [3.8, 4) is 6.07 Å². The van der Waals surface area contributed by atoms with E-state index in [1.807, 2.05) is 32.0 Å². The molecular weight excluding hydrogens is 200 g/mol. The van der Waals surface area contributed by atoms with E-state index >= 15 is 0 Å². The summed E-state index contributed by atoms with van der Waals surface area (Å²) in [7, 11) is 0. The minimum absolute atomic E-state index is 0.151. The number of benzene rings is 1. The molecule has 0 aliphatic rings. The molecule has 0 unspecified atom stereocenters. The van der Waals surface area contributed by atoms with E-state index in [1.165, 1.54) is 0 Å². The van der Waals surface area contributed by atoms with Crippen molar-refractivity contribution in [2.45, 2.75) is 20.3 Å². The second-order valence-corrected chi connectivity index (χ2v) is 3.93. The summed E-state index contributed by atoms with van der Waals surface area (Å²) in [6.07, 6.45) is 0.151. The zero-order chi connectivity index (χ0) is 11.7. The number of fused-ring (bicyclic) bond motifs is 1. The Morgan fingerprint density at radius 2 is 2.12 bits per heavy atom. The van der Waals surface area contributed by atoms with Gasteiger partial charge in [-0.15, -0.1) is 0 Å². The molecule has 3 nitrogen and oxygen atoms in total. The molecule has 0 spiro atoms. The molecule has 1 aromatic heterocycles. The molecule has 0 aliphatic heterocycles. The summed E-state index contributed by atoms with van der Waals surface area (Å²) >= 11 is 0. The second-order valence-electron chi connectivity index (χ2n) is 3.93. The van der Waals surface area contributed by atoms with E-state index in [0.717, 1.165) is 22.0 Å². The fourth-order valence-electron chi connectivity index (χ4n) is 1.79. The summed E-state index contributed by atoms with van der Waals surface area (Å²) < 4.78 is 0. The van der Waals surface area contributed by atoms with Crippen molar-refractivity contribution in [3.63, 3.8) is 0 Å². The highest BCUT2D eigenvalue weighted by Gasteiger charge is 2.05. The molecule has 2 aromatic rings. The van der Waals surface area contributed by atoms with Gasteiger partial charge in [0, 0.05) is 5.56 Å². The number of nitrogens with one attached hydrogen (secondary N) is 1. The van der Waals surface area contributed by atoms with Crippen molar-refractivity contribution in [1.82, 2.24) is 4.98 Å². The molecule has 2 rings (SSSR count). The SMILES string of the molecule is Cc1ccc2cc(CC#N)c(=O)[nH]c2c1C. The van der Waals surface area contributed by atoms with Gasteiger partial charge < -0.3 is 4.98 Å². The Balaban J connectivity index is 2.80. The van der Waals surface area contributed by atoms with E-state index in [0.29, 0.717) is 5.56 Å². The van der Waals surface area contributed by atoms with Crippen molar-refractivity contribution in [1.29, 1.82) is 5.26 Å². The molecule has 0 atom stereocenters. The Morgan fingerprint density at radius 1 is 1.38 bits per heavy atom. The Morgan fingerprint density at radius 3 is 2.81 bits per heavy atom. The number of nitriles is 1. The Labute approximate surface area is 93.3 Å². The van der Waals surface area contributed by atoms with Gasteiger partial charge >= 0.3 is 0 Å². The average molecular weight is 212 g/mol. The van der Waals surface area contributed by atoms with Gasteiger partial charge in [-0.05, 0) is 36.4 Å². The predicted molar refractivity (Wildman–Crippen MR) is 63.4 cm³/mol. The molecule has 0 saturated heterocycles. The van der Waals surface area contributed by atoms with Crippen molar-refractivity contribution in [3.05, 3.63) is 45.2 Å². The van der Waals surface area contributed by atoms with Crippen LogP contribution in [0.25, 0.3) is 10.9 Å². The van der Waals surface area contributed by atoms with Crippen LogP contribution in [0.1, 0.15) is 16.7 Å². The lowest BCUT2D eigenvalue weighted by Gasteiger charge is -2.06. The predicted octanol–water partition coefficient (Wildman–Crippen LogP) is 2.21. The van der Waals surface area contributed by atoms with Gasteiger partial charge in [0.15, 0.2) is 0 Å². The third kappa shape index (κ3) is 1.59. The van der Waals surface area contributed by atoms with Crippen molar-refractivity contribution < 1.29 is 0 Å². The molecule has 1 N–H and O–H groups in total. The molecule has 1 aromatic carbocycles. The maximum atomic E-state index is 11.7. The van der Waals surface area contributed by atoms with Crippen LogP contribution in [-0.4, -0.2) is 4.98 Å². The first-order valence-corrected chi connectivity index (χ1v) is 5.12. The molecule has 3 heteroatoms. The normalized spacial score (nSPS) is 10.3. The lowest BCUT2D eigenvalue weighted by molar-refractivity contribution is 1.15. The van der Waals surface area contributed by atoms with Crippen LogP contribution in [0.4, 0.5) is 0 Å². The highest BCUT2D eigenvalue weighted by molar-refractivity contribution is 5.83. The summed E-state index contributed by atoms with van der Waals surface area (Å²) in [5.74, 6) is 0. The number of rotatable bonds is 1. The van der Waals surface area contributed by atoms with Crippen LogP contribution in [0.15, 0.2) is 23.0 Å². The van der Waals surface area contributed by atoms with Crippen LogP contribution in [0, 0.1) is 25.2 Å². The summed E-state index contributed by atoms with van der Waals surface area (Å²) in [6, 6.07) is 7.78. The average Bonchev–Trinajstić information content (AvgIpc) is 2.26. The van der Waals surface area contributed by atoms with Crippen LogP contribution in [0.2, 0.25) is 0 Å². The van der Waals surface area contributed by atoms with Crippen LogP contribution in [0.5, 0.6) is 0 Å². The third-order valence-electron chi connectivity index (χ3n) is 2.90. The van der Waals surface area contributed by atoms with Gasteiger partial charge in [-0.3, -0.25) is 4.79 Å². The van der Waals surface area contributed by atoms with E-state index in [-0.39, 0.29) is 12.0 Å². The molecule has 0 fully saturated rings. The van der Waals surface area contributed by atoms with Gasteiger partial charge in [0.2, 0.25) is 0 Å². The number of hydrogen-bond acceptors (Lipinski definition) is 2. The molecule has 16 heavy (non-hydrogen) atoms. The number of nitrogens with zero attached hydrogens (tertiary/aromatic N) is 1. The molecule has 1 heterocycles. The molecule has 0 saturated carbocycles. The quantitative estimate of drug-likeness (QED) is 0.787. The van der Waals surface area contributed by atoms with Gasteiger partial charge in [-0.1, -0.05) is 12.1 Å². The van der Waals surface area contributed by atoms with E-state index < -0.39 is 0 Å². The summed E-state index contributed by atoms with van der Waals surface area (Å²) in [4.78, 5) is 14.5. The van der Waals surface area contributed by atoms with E-state index in [9.17, 15) is 4.79 Å².